The van der Waals surface area contributed by atoms with Gasteiger partial charge < -0.3 is 25.8 Å². The molecule has 0 aliphatic heterocycles. The van der Waals surface area contributed by atoms with E-state index in [1.54, 1.807) is 13.1 Å². The number of phenols is 2. The van der Waals surface area contributed by atoms with Gasteiger partial charge in [0, 0.05) is 6.54 Å². The van der Waals surface area contributed by atoms with Crippen molar-refractivity contribution in [3.8, 4) is 11.5 Å². The van der Waals surface area contributed by atoms with Crippen LogP contribution in [-0.2, 0) is 0 Å². The van der Waals surface area contributed by atoms with E-state index in [-0.39, 0.29) is 11.5 Å². The van der Waals surface area contributed by atoms with Gasteiger partial charge in [-0.3, -0.25) is 0 Å². The molecule has 1 aromatic carbocycles. The van der Waals surface area contributed by atoms with Gasteiger partial charge >= 0.3 is 0 Å². The first-order valence-electron chi connectivity index (χ1n) is 4.25. The van der Waals surface area contributed by atoms with Crippen molar-refractivity contribution in [3.05, 3.63) is 23.8 Å². The Hall–Kier alpha value is -1.34. The van der Waals surface area contributed by atoms with Crippen LogP contribution >= 0.6 is 0 Å². The molecular formula is C9H16N2O4. The Morgan fingerprint density at radius 2 is 1.87 bits per heavy atom. The van der Waals surface area contributed by atoms with Crippen LogP contribution in [0.1, 0.15) is 11.7 Å². The molecule has 0 radical (unpaired) electrons. The average Bonchev–Trinajstić information content (AvgIpc) is 2.25. The van der Waals surface area contributed by atoms with Crippen LogP contribution < -0.4 is 11.2 Å². The minimum Gasteiger partial charge on any atom is -0.504 e. The molecule has 1 atom stereocenters. The molecule has 0 saturated heterocycles. The molecule has 6 heteroatoms. The Morgan fingerprint density at radius 3 is 2.33 bits per heavy atom. The molecule has 6 nitrogen and oxygen atoms in total. The van der Waals surface area contributed by atoms with Crippen LogP contribution in [0.3, 0.4) is 0 Å². The Morgan fingerprint density at radius 1 is 1.27 bits per heavy atom. The summed E-state index contributed by atoms with van der Waals surface area (Å²) in [4.78, 5) is 0. The van der Waals surface area contributed by atoms with E-state index in [0.29, 0.717) is 12.1 Å². The van der Waals surface area contributed by atoms with Gasteiger partial charge in [0.25, 0.3) is 0 Å². The van der Waals surface area contributed by atoms with Crippen molar-refractivity contribution in [1.82, 2.24) is 5.32 Å². The summed E-state index contributed by atoms with van der Waals surface area (Å²) < 4.78 is 0. The summed E-state index contributed by atoms with van der Waals surface area (Å²) in [5, 5.41) is 36.9. The highest BCUT2D eigenvalue weighted by atomic mass is 16.4. The van der Waals surface area contributed by atoms with Gasteiger partial charge in [-0.1, -0.05) is 6.07 Å². The molecule has 1 aromatic rings. The minimum absolute atomic E-state index is 0.180. The molecular weight excluding hydrogens is 200 g/mol. The second-order valence-electron chi connectivity index (χ2n) is 2.82. The number of aromatic hydroxyl groups is 2. The fraction of sp³-hybridized carbons (Fsp3) is 0.333. The molecule has 86 valence electrons. The molecule has 0 spiro atoms. The van der Waals surface area contributed by atoms with Crippen LogP contribution in [0.15, 0.2) is 18.2 Å². The van der Waals surface area contributed by atoms with Crippen molar-refractivity contribution in [2.24, 2.45) is 5.90 Å². The zero-order valence-electron chi connectivity index (χ0n) is 8.38. The van der Waals surface area contributed by atoms with Gasteiger partial charge in [0.2, 0.25) is 0 Å². The number of phenolic OH excluding ortho intramolecular Hbond substituents is 2. The normalized spacial score (nSPS) is 11.5. The number of hydrogen-bond acceptors (Lipinski definition) is 6. The lowest BCUT2D eigenvalue weighted by molar-refractivity contribution is 0.177. The van der Waals surface area contributed by atoms with Crippen LogP contribution in [0.2, 0.25) is 0 Å². The molecule has 0 amide bonds. The topological polar surface area (TPSA) is 119 Å². The third kappa shape index (κ3) is 4.13. The first kappa shape index (κ1) is 13.7. The maximum Gasteiger partial charge on any atom is 0.157 e. The van der Waals surface area contributed by atoms with E-state index in [0.717, 1.165) is 0 Å². The summed E-state index contributed by atoms with van der Waals surface area (Å²) in [5.74, 6) is 3.10. The first-order valence-corrected chi connectivity index (χ1v) is 4.25. The van der Waals surface area contributed by atoms with E-state index in [4.69, 9.17) is 15.4 Å². The predicted molar refractivity (Wildman–Crippen MR) is 54.6 cm³/mol. The van der Waals surface area contributed by atoms with Crippen molar-refractivity contribution in [2.75, 3.05) is 13.6 Å². The van der Waals surface area contributed by atoms with Crippen molar-refractivity contribution < 1.29 is 20.5 Å². The number of nitrogens with one attached hydrogen (secondary N) is 1. The predicted octanol–water partition coefficient (Wildman–Crippen LogP) is -0.315. The molecule has 15 heavy (non-hydrogen) atoms. The molecule has 0 fully saturated rings. The Kier molecular flexibility index (Phi) is 6.39. The lowest BCUT2D eigenvalue weighted by Gasteiger charge is -2.10. The maximum absolute atomic E-state index is 9.48. The minimum atomic E-state index is -0.670. The van der Waals surface area contributed by atoms with Crippen LogP contribution in [0.25, 0.3) is 0 Å². The number of benzene rings is 1. The van der Waals surface area contributed by atoms with E-state index in [9.17, 15) is 5.11 Å². The zero-order chi connectivity index (χ0) is 11.8. The van der Waals surface area contributed by atoms with Crippen molar-refractivity contribution in [2.45, 2.75) is 6.10 Å². The summed E-state index contributed by atoms with van der Waals surface area (Å²) in [7, 11) is 1.73. The van der Waals surface area contributed by atoms with E-state index in [1.807, 2.05) is 0 Å². The highest BCUT2D eigenvalue weighted by molar-refractivity contribution is 5.41. The largest absolute Gasteiger partial charge is 0.504 e. The molecule has 0 heterocycles. The Balaban J connectivity index is 0.000000921. The maximum atomic E-state index is 9.48. The molecule has 0 saturated carbocycles. The smallest absolute Gasteiger partial charge is 0.157 e. The highest BCUT2D eigenvalue weighted by Crippen LogP contribution is 2.27. The van der Waals surface area contributed by atoms with Crippen molar-refractivity contribution >= 4 is 0 Å². The molecule has 7 N–H and O–H groups in total. The van der Waals surface area contributed by atoms with Crippen LogP contribution in [0, 0.1) is 0 Å². The van der Waals surface area contributed by atoms with Gasteiger partial charge in [-0.2, -0.15) is 0 Å². The third-order valence-electron chi connectivity index (χ3n) is 1.78. The SMILES string of the molecule is CNC[C@H](O)c1ccc(O)c(O)c1.NO. The molecule has 0 bridgehead atoms. The Labute approximate surface area is 87.6 Å². The number of aliphatic hydroxyl groups is 1. The number of hydrogen-bond donors (Lipinski definition) is 6. The molecule has 0 aliphatic carbocycles. The van der Waals surface area contributed by atoms with Gasteiger partial charge in [0.1, 0.15) is 0 Å². The average molecular weight is 216 g/mol. The summed E-state index contributed by atoms with van der Waals surface area (Å²) in [6.45, 7) is 0.407. The molecule has 0 unspecified atom stereocenters. The van der Waals surface area contributed by atoms with Gasteiger partial charge in [-0.25, -0.2) is 5.90 Å². The lowest BCUT2D eigenvalue weighted by Crippen LogP contribution is -2.16. The first-order chi connectivity index (χ1) is 7.15. The summed E-state index contributed by atoms with van der Waals surface area (Å²) >= 11 is 0. The Bertz CT molecular complexity index is 293. The van der Waals surface area contributed by atoms with E-state index in [2.05, 4.69) is 11.2 Å². The van der Waals surface area contributed by atoms with E-state index in [1.165, 1.54) is 12.1 Å². The summed E-state index contributed by atoms with van der Waals surface area (Å²) in [5.41, 5.74) is 0.574. The second-order valence-corrected chi connectivity index (χ2v) is 2.82. The monoisotopic (exact) mass is 216 g/mol. The number of likely N-dealkylation sites (N-methyl/N-ethyl adjacent to an activating group) is 1. The van der Waals surface area contributed by atoms with Crippen molar-refractivity contribution in [1.29, 1.82) is 0 Å². The van der Waals surface area contributed by atoms with Gasteiger partial charge in [-0.05, 0) is 24.7 Å². The summed E-state index contributed by atoms with van der Waals surface area (Å²) in [6, 6.07) is 4.26. The van der Waals surface area contributed by atoms with Crippen LogP contribution in [-0.4, -0.2) is 34.1 Å². The fourth-order valence-electron chi connectivity index (χ4n) is 1.06. The van der Waals surface area contributed by atoms with E-state index >= 15 is 0 Å². The van der Waals surface area contributed by atoms with Crippen LogP contribution in [0.4, 0.5) is 0 Å². The quantitative estimate of drug-likeness (QED) is 0.304. The van der Waals surface area contributed by atoms with E-state index < -0.39 is 6.10 Å². The molecule has 0 aromatic heterocycles. The lowest BCUT2D eigenvalue weighted by atomic mass is 10.1. The highest BCUT2D eigenvalue weighted by Gasteiger charge is 2.08. The second kappa shape index (κ2) is 7.02. The standard InChI is InChI=1S/C9H13NO3.H3NO/c1-10-5-9(13)6-2-3-7(11)8(12)4-6;1-2/h2-4,9-13H,5H2,1H3;2H,1H2/t9-;/m0./s1. The molecule has 0 aliphatic rings. The fourth-order valence-corrected chi connectivity index (χ4v) is 1.06. The number of rotatable bonds is 3. The van der Waals surface area contributed by atoms with Gasteiger partial charge in [0.15, 0.2) is 11.5 Å². The zero-order valence-corrected chi connectivity index (χ0v) is 8.38. The molecule has 1 rings (SSSR count). The van der Waals surface area contributed by atoms with Crippen LogP contribution in [0.5, 0.6) is 11.5 Å². The summed E-state index contributed by atoms with van der Waals surface area (Å²) in [6.07, 6.45) is -0.670. The van der Waals surface area contributed by atoms with Gasteiger partial charge in [-0.15, -0.1) is 0 Å². The van der Waals surface area contributed by atoms with Crippen molar-refractivity contribution in [3.63, 3.8) is 0 Å². The number of nitrogens with two attached hydrogens (primary N) is 1. The van der Waals surface area contributed by atoms with Gasteiger partial charge in [0.05, 0.1) is 6.10 Å². The number of aliphatic hydroxyl groups excluding tert-OH is 1. The third-order valence-corrected chi connectivity index (χ3v) is 1.78.